The predicted octanol–water partition coefficient (Wildman–Crippen LogP) is 7.58. The van der Waals surface area contributed by atoms with Crippen LogP contribution in [0.1, 0.15) is 86.0 Å². The van der Waals surface area contributed by atoms with Gasteiger partial charge in [0.15, 0.2) is 0 Å². The Bertz CT molecular complexity index is 689. The summed E-state index contributed by atoms with van der Waals surface area (Å²) >= 11 is 2.56. The third-order valence-electron chi connectivity index (χ3n) is 11.7. The molecule has 3 unspecified atom stereocenters. The van der Waals surface area contributed by atoms with E-state index in [-0.39, 0.29) is 0 Å². The standard InChI is InChI=1S/C30H53IO4/c1-8-21-23-15-19(2)9-12-29(23,4)22-10-13-30(5)24(26(22)28(21)35-18-33-7)16-25(34-17-32-6)27(30)20(3)11-14-31/h19-28H,8-18H2,1-7H3/t19-,20-,21-,22?,23+,24?,25+,26?,27+,28-,29-,30+/m1/s1. The summed E-state index contributed by atoms with van der Waals surface area (Å²) in [6.45, 7) is 13.5. The molecule has 0 aromatic heterocycles. The number of fused-ring (bicyclic) bond motifs is 5. The maximum atomic E-state index is 6.76. The van der Waals surface area contributed by atoms with Gasteiger partial charge in [0, 0.05) is 14.2 Å². The third-order valence-corrected chi connectivity index (χ3v) is 12.3. The molecule has 204 valence electrons. The number of ether oxygens (including phenoxy) is 4. The van der Waals surface area contributed by atoms with Crippen molar-refractivity contribution in [3.63, 3.8) is 0 Å². The Morgan fingerprint density at radius 1 is 0.914 bits per heavy atom. The number of hydrogen-bond donors (Lipinski definition) is 0. The summed E-state index contributed by atoms with van der Waals surface area (Å²) in [6, 6.07) is 0. The summed E-state index contributed by atoms with van der Waals surface area (Å²) in [5.41, 5.74) is 0.754. The van der Waals surface area contributed by atoms with Crippen molar-refractivity contribution in [1.29, 1.82) is 0 Å². The fourth-order valence-electron chi connectivity index (χ4n) is 10.2. The molecule has 0 saturated heterocycles. The fourth-order valence-corrected chi connectivity index (χ4v) is 11.2. The summed E-state index contributed by atoms with van der Waals surface area (Å²) in [4.78, 5) is 0. The second-order valence-corrected chi connectivity index (χ2v) is 14.3. The number of alkyl halides is 1. The quantitative estimate of drug-likeness (QED) is 0.146. The molecule has 4 nitrogen and oxygen atoms in total. The van der Waals surface area contributed by atoms with E-state index in [1.165, 1.54) is 49.4 Å². The molecule has 4 aliphatic carbocycles. The van der Waals surface area contributed by atoms with Gasteiger partial charge in [0.2, 0.25) is 0 Å². The molecule has 4 fully saturated rings. The molecule has 4 saturated carbocycles. The van der Waals surface area contributed by atoms with E-state index < -0.39 is 0 Å². The van der Waals surface area contributed by atoms with E-state index in [0.29, 0.717) is 66.2 Å². The molecular weight excluding hydrogens is 551 g/mol. The van der Waals surface area contributed by atoms with Crippen molar-refractivity contribution < 1.29 is 18.9 Å². The van der Waals surface area contributed by atoms with Gasteiger partial charge in [-0.05, 0) is 101 Å². The summed E-state index contributed by atoms with van der Waals surface area (Å²) in [5.74, 6) is 5.52. The molecule has 0 aromatic carbocycles. The Labute approximate surface area is 229 Å². The Balaban J connectivity index is 1.74. The average molecular weight is 605 g/mol. The van der Waals surface area contributed by atoms with Gasteiger partial charge in [-0.15, -0.1) is 0 Å². The first-order valence-corrected chi connectivity index (χ1v) is 16.1. The van der Waals surface area contributed by atoms with Gasteiger partial charge in [0.05, 0.1) is 12.2 Å². The Kier molecular flexibility index (Phi) is 9.60. The van der Waals surface area contributed by atoms with Gasteiger partial charge < -0.3 is 18.9 Å². The Hall–Kier alpha value is 0.570. The van der Waals surface area contributed by atoms with Crippen molar-refractivity contribution in [2.45, 2.75) is 98.2 Å². The van der Waals surface area contributed by atoms with Crippen molar-refractivity contribution in [2.75, 3.05) is 32.2 Å². The van der Waals surface area contributed by atoms with Crippen LogP contribution < -0.4 is 0 Å². The zero-order valence-electron chi connectivity index (χ0n) is 23.6. The highest BCUT2D eigenvalue weighted by Crippen LogP contribution is 2.70. The summed E-state index contributed by atoms with van der Waals surface area (Å²) in [5, 5.41) is 0. The van der Waals surface area contributed by atoms with Gasteiger partial charge in [0.25, 0.3) is 0 Å². The largest absolute Gasteiger partial charge is 0.359 e. The van der Waals surface area contributed by atoms with Crippen LogP contribution in [0.2, 0.25) is 0 Å². The Morgan fingerprint density at radius 3 is 2.26 bits per heavy atom. The minimum atomic E-state index is 0.293. The van der Waals surface area contributed by atoms with Crippen LogP contribution in [0, 0.1) is 58.2 Å². The number of methoxy groups -OCH3 is 2. The second-order valence-electron chi connectivity index (χ2n) is 13.3. The number of hydrogen-bond acceptors (Lipinski definition) is 4. The van der Waals surface area contributed by atoms with Crippen molar-refractivity contribution >= 4 is 22.6 Å². The van der Waals surface area contributed by atoms with Gasteiger partial charge in [-0.3, -0.25) is 0 Å². The molecule has 0 N–H and O–H groups in total. The third kappa shape index (κ3) is 5.01. The summed E-state index contributed by atoms with van der Waals surface area (Å²) in [6.07, 6.45) is 11.1. The zero-order valence-corrected chi connectivity index (χ0v) is 25.7. The number of halogens is 1. The fraction of sp³-hybridized carbons (Fsp3) is 1.00. The minimum absolute atomic E-state index is 0.293. The van der Waals surface area contributed by atoms with E-state index in [0.717, 1.165) is 24.2 Å². The second kappa shape index (κ2) is 11.8. The SMILES string of the molecule is CC[C@H]1[C@@H](OCOC)C2C3C[C@H](OCOC)[C@H]([C@H](C)CCI)[C@@]3(C)CCC2[C@@]2(C)CC[C@@H](C)C[C@@H]12. The van der Waals surface area contributed by atoms with Crippen molar-refractivity contribution in [3.8, 4) is 0 Å². The smallest absolute Gasteiger partial charge is 0.146 e. The van der Waals surface area contributed by atoms with Gasteiger partial charge in [0.1, 0.15) is 13.6 Å². The van der Waals surface area contributed by atoms with Crippen LogP contribution in [-0.2, 0) is 18.9 Å². The summed E-state index contributed by atoms with van der Waals surface area (Å²) < 4.78 is 25.4. The highest BCUT2D eigenvalue weighted by molar-refractivity contribution is 14.1. The van der Waals surface area contributed by atoms with Crippen molar-refractivity contribution in [2.24, 2.45) is 58.2 Å². The average Bonchev–Trinajstić information content (AvgIpc) is 3.14. The normalized spacial score (nSPS) is 48.2. The molecule has 4 aliphatic rings. The molecule has 0 spiro atoms. The molecule has 0 aromatic rings. The lowest BCUT2D eigenvalue weighted by atomic mass is 9.41. The summed E-state index contributed by atoms with van der Waals surface area (Å²) in [7, 11) is 3.54. The number of rotatable bonds is 10. The molecule has 0 aliphatic heterocycles. The molecular formula is C30H53IO4. The lowest BCUT2D eigenvalue weighted by Crippen LogP contribution is -2.62. The predicted molar refractivity (Wildman–Crippen MR) is 150 cm³/mol. The monoisotopic (exact) mass is 604 g/mol. The van der Waals surface area contributed by atoms with Crippen LogP contribution >= 0.6 is 22.6 Å². The molecule has 0 bridgehead atoms. The van der Waals surface area contributed by atoms with E-state index in [4.69, 9.17) is 18.9 Å². The van der Waals surface area contributed by atoms with Crippen LogP contribution in [0.15, 0.2) is 0 Å². The first-order chi connectivity index (χ1) is 16.8. The van der Waals surface area contributed by atoms with Gasteiger partial charge in [-0.1, -0.05) is 70.1 Å². The first-order valence-electron chi connectivity index (χ1n) is 14.5. The molecule has 12 atom stereocenters. The van der Waals surface area contributed by atoms with Gasteiger partial charge in [-0.2, -0.15) is 0 Å². The van der Waals surface area contributed by atoms with E-state index in [1.807, 2.05) is 0 Å². The lowest BCUT2D eigenvalue weighted by Gasteiger charge is -2.65. The van der Waals surface area contributed by atoms with Gasteiger partial charge >= 0.3 is 0 Å². The molecule has 4 rings (SSSR count). The van der Waals surface area contributed by atoms with E-state index >= 15 is 0 Å². The van der Waals surface area contributed by atoms with E-state index in [2.05, 4.69) is 57.2 Å². The van der Waals surface area contributed by atoms with Crippen molar-refractivity contribution in [3.05, 3.63) is 0 Å². The highest BCUT2D eigenvalue weighted by Gasteiger charge is 2.67. The van der Waals surface area contributed by atoms with Crippen LogP contribution in [-0.4, -0.2) is 44.4 Å². The van der Waals surface area contributed by atoms with Crippen LogP contribution in [0.4, 0.5) is 0 Å². The molecule has 5 heteroatoms. The van der Waals surface area contributed by atoms with Crippen LogP contribution in [0.3, 0.4) is 0 Å². The highest BCUT2D eigenvalue weighted by atomic mass is 127. The molecule has 0 heterocycles. The van der Waals surface area contributed by atoms with Crippen molar-refractivity contribution in [1.82, 2.24) is 0 Å². The first kappa shape index (κ1) is 28.6. The molecule has 0 radical (unpaired) electrons. The van der Waals surface area contributed by atoms with Crippen LogP contribution in [0.25, 0.3) is 0 Å². The maximum Gasteiger partial charge on any atom is 0.146 e. The molecule has 0 amide bonds. The maximum absolute atomic E-state index is 6.76. The molecule has 35 heavy (non-hydrogen) atoms. The van der Waals surface area contributed by atoms with E-state index in [9.17, 15) is 0 Å². The lowest BCUT2D eigenvalue weighted by molar-refractivity contribution is -0.231. The van der Waals surface area contributed by atoms with Gasteiger partial charge in [-0.25, -0.2) is 0 Å². The van der Waals surface area contributed by atoms with Crippen LogP contribution in [0.5, 0.6) is 0 Å². The zero-order chi connectivity index (χ0) is 25.4. The minimum Gasteiger partial charge on any atom is -0.359 e. The van der Waals surface area contributed by atoms with E-state index in [1.54, 1.807) is 14.2 Å². The topological polar surface area (TPSA) is 36.9 Å². The Morgan fingerprint density at radius 2 is 1.60 bits per heavy atom.